The molecule has 3 N–H and O–H groups in total. The smallest absolute Gasteiger partial charge is 0.339 e. The van der Waals surface area contributed by atoms with E-state index in [1.165, 1.54) is 18.5 Å². The van der Waals surface area contributed by atoms with Gasteiger partial charge >= 0.3 is 5.97 Å². The van der Waals surface area contributed by atoms with Crippen molar-refractivity contribution in [2.24, 2.45) is 12.2 Å². The normalized spacial score (nSPS) is 11.3. The van der Waals surface area contributed by atoms with E-state index in [0.29, 0.717) is 5.82 Å². The number of hydrogen-bond acceptors (Lipinski definition) is 6. The first-order valence-corrected chi connectivity index (χ1v) is 7.19. The van der Waals surface area contributed by atoms with Gasteiger partial charge in [-0.3, -0.25) is 0 Å². The van der Waals surface area contributed by atoms with Crippen LogP contribution in [0.25, 0.3) is 0 Å². The summed E-state index contributed by atoms with van der Waals surface area (Å²) in [5.74, 6) is -0.826. The van der Waals surface area contributed by atoms with Gasteiger partial charge in [-0.1, -0.05) is 0 Å². The predicted octanol–water partition coefficient (Wildman–Crippen LogP) is -0.260. The van der Waals surface area contributed by atoms with Gasteiger partial charge in [0.25, 0.3) is 0 Å². The van der Waals surface area contributed by atoms with E-state index in [1.807, 2.05) is 0 Å². The van der Waals surface area contributed by atoms with E-state index in [2.05, 4.69) is 10.2 Å². The van der Waals surface area contributed by atoms with Crippen molar-refractivity contribution in [3.05, 3.63) is 35.9 Å². The van der Waals surface area contributed by atoms with Crippen LogP contribution in [0.15, 0.2) is 29.4 Å². The number of hydrogen-bond donors (Lipinski definition) is 2. The number of ether oxygens (including phenoxy) is 1. The third-order valence-electron chi connectivity index (χ3n) is 2.67. The molecule has 21 heavy (non-hydrogen) atoms. The summed E-state index contributed by atoms with van der Waals surface area (Å²) >= 11 is 0. The fourth-order valence-electron chi connectivity index (χ4n) is 1.56. The van der Waals surface area contributed by atoms with Crippen molar-refractivity contribution in [1.29, 1.82) is 0 Å². The third-order valence-corrected chi connectivity index (χ3v) is 3.58. The second-order valence-electron chi connectivity index (χ2n) is 4.15. The lowest BCUT2D eigenvalue weighted by Gasteiger charge is -2.09. The minimum atomic E-state index is -3.99. The number of nitrogens with zero attached hydrogens (tertiary/aromatic N) is 3. The highest BCUT2D eigenvalue weighted by atomic mass is 32.2. The number of carbonyl (C=O) groups is 1. The molecule has 1 aromatic carbocycles. The van der Waals surface area contributed by atoms with Crippen LogP contribution in [0.3, 0.4) is 0 Å². The maximum Gasteiger partial charge on any atom is 0.339 e. The Morgan fingerprint density at radius 2 is 2.19 bits per heavy atom. The van der Waals surface area contributed by atoms with Gasteiger partial charge in [0.2, 0.25) is 10.0 Å². The van der Waals surface area contributed by atoms with Crippen molar-refractivity contribution in [1.82, 2.24) is 14.8 Å². The Morgan fingerprint density at radius 1 is 1.48 bits per heavy atom. The summed E-state index contributed by atoms with van der Waals surface area (Å²) in [5, 5.41) is 21.5. The number of carboxylic acids is 1. The van der Waals surface area contributed by atoms with Crippen LogP contribution in [0.1, 0.15) is 16.2 Å². The molecule has 0 saturated heterocycles. The Hall–Kier alpha value is -2.46. The van der Waals surface area contributed by atoms with Crippen LogP contribution in [0, 0.1) is 0 Å². The molecule has 0 saturated carbocycles. The molecular weight excluding hydrogens is 300 g/mol. The van der Waals surface area contributed by atoms with Gasteiger partial charge in [0.15, 0.2) is 5.82 Å². The van der Waals surface area contributed by atoms with Gasteiger partial charge < -0.3 is 14.4 Å². The first kappa shape index (κ1) is 14.9. The highest BCUT2D eigenvalue weighted by Crippen LogP contribution is 2.23. The summed E-state index contributed by atoms with van der Waals surface area (Å²) in [6, 6.07) is 3.36. The molecule has 0 aliphatic carbocycles. The van der Waals surface area contributed by atoms with E-state index in [4.69, 9.17) is 15.0 Å². The summed E-state index contributed by atoms with van der Waals surface area (Å²) in [4.78, 5) is 10.9. The van der Waals surface area contributed by atoms with Gasteiger partial charge in [0.1, 0.15) is 24.2 Å². The molecule has 2 rings (SSSR count). The van der Waals surface area contributed by atoms with Crippen molar-refractivity contribution in [2.75, 3.05) is 0 Å². The van der Waals surface area contributed by atoms with E-state index in [-0.39, 0.29) is 22.8 Å². The van der Waals surface area contributed by atoms with Crippen LogP contribution in [0.4, 0.5) is 0 Å². The number of aromatic nitrogens is 3. The molecule has 10 heteroatoms. The number of sulfonamides is 1. The lowest BCUT2D eigenvalue weighted by Crippen LogP contribution is -2.14. The highest BCUT2D eigenvalue weighted by molar-refractivity contribution is 7.89. The van der Waals surface area contributed by atoms with Gasteiger partial charge in [0, 0.05) is 7.05 Å². The number of carboxylic acid groups (broad SMARTS) is 1. The first-order valence-electron chi connectivity index (χ1n) is 5.65. The van der Waals surface area contributed by atoms with E-state index in [9.17, 15) is 13.2 Å². The number of rotatable bonds is 5. The minimum absolute atomic E-state index is 0.00843. The third kappa shape index (κ3) is 3.35. The average molecular weight is 312 g/mol. The Kier molecular flexibility index (Phi) is 3.91. The van der Waals surface area contributed by atoms with Crippen molar-refractivity contribution in [2.45, 2.75) is 11.5 Å². The van der Waals surface area contributed by atoms with Crippen LogP contribution in [0.5, 0.6) is 5.75 Å². The van der Waals surface area contributed by atoms with Crippen LogP contribution in [-0.2, 0) is 23.7 Å². The zero-order valence-corrected chi connectivity index (χ0v) is 11.7. The quantitative estimate of drug-likeness (QED) is 0.775. The maximum atomic E-state index is 11.2. The maximum absolute atomic E-state index is 11.2. The SMILES string of the molecule is Cn1cnnc1COc1ccc(S(N)(=O)=O)cc1C(=O)O. The Labute approximate surface area is 120 Å². The van der Waals surface area contributed by atoms with Crippen LogP contribution >= 0.6 is 0 Å². The van der Waals surface area contributed by atoms with Crippen molar-refractivity contribution in [3.8, 4) is 5.75 Å². The topological polar surface area (TPSA) is 137 Å². The Morgan fingerprint density at radius 3 is 2.71 bits per heavy atom. The molecule has 0 aliphatic heterocycles. The van der Waals surface area contributed by atoms with Crippen molar-refractivity contribution >= 4 is 16.0 Å². The lowest BCUT2D eigenvalue weighted by molar-refractivity contribution is 0.0691. The largest absolute Gasteiger partial charge is 0.485 e. The molecule has 0 radical (unpaired) electrons. The Bertz CT molecular complexity index is 784. The molecule has 112 valence electrons. The molecule has 2 aromatic rings. The molecule has 0 bridgehead atoms. The van der Waals surface area contributed by atoms with Gasteiger partial charge in [-0.25, -0.2) is 18.4 Å². The highest BCUT2D eigenvalue weighted by Gasteiger charge is 2.17. The fourth-order valence-corrected chi connectivity index (χ4v) is 2.10. The van der Waals surface area contributed by atoms with Crippen molar-refractivity contribution < 1.29 is 23.1 Å². The Balaban J connectivity index is 2.31. The number of aromatic carboxylic acids is 1. The van der Waals surface area contributed by atoms with Crippen LogP contribution in [-0.4, -0.2) is 34.3 Å². The van der Waals surface area contributed by atoms with Gasteiger partial charge in [-0.15, -0.1) is 10.2 Å². The average Bonchev–Trinajstić information content (AvgIpc) is 2.80. The molecule has 0 unspecified atom stereocenters. The van der Waals surface area contributed by atoms with Gasteiger partial charge in [-0.05, 0) is 18.2 Å². The monoisotopic (exact) mass is 312 g/mol. The summed E-state index contributed by atoms with van der Waals surface area (Å²) in [5.41, 5.74) is -0.302. The molecule has 9 nitrogen and oxygen atoms in total. The fraction of sp³-hybridized carbons (Fsp3) is 0.182. The molecule has 0 amide bonds. The van der Waals surface area contributed by atoms with Crippen molar-refractivity contribution in [3.63, 3.8) is 0 Å². The van der Waals surface area contributed by atoms with E-state index < -0.39 is 16.0 Å². The number of aryl methyl sites for hydroxylation is 1. The minimum Gasteiger partial charge on any atom is -0.485 e. The van der Waals surface area contributed by atoms with Gasteiger partial charge in [0.05, 0.1) is 4.90 Å². The zero-order valence-electron chi connectivity index (χ0n) is 10.9. The molecule has 1 aromatic heterocycles. The number of nitrogens with two attached hydrogens (primary N) is 1. The summed E-state index contributed by atoms with van der Waals surface area (Å²) in [6.45, 7) is -0.00843. The summed E-state index contributed by atoms with van der Waals surface area (Å²) in [7, 11) is -2.28. The van der Waals surface area contributed by atoms with E-state index in [1.54, 1.807) is 11.6 Å². The zero-order chi connectivity index (χ0) is 15.6. The van der Waals surface area contributed by atoms with E-state index >= 15 is 0 Å². The number of benzene rings is 1. The second kappa shape index (κ2) is 5.50. The molecule has 0 aliphatic rings. The number of primary sulfonamides is 1. The lowest BCUT2D eigenvalue weighted by atomic mass is 10.2. The van der Waals surface area contributed by atoms with Gasteiger partial charge in [-0.2, -0.15) is 0 Å². The molecule has 0 spiro atoms. The molecular formula is C11H12N4O5S. The second-order valence-corrected chi connectivity index (χ2v) is 5.72. The standard InChI is InChI=1S/C11H12N4O5S/c1-15-6-13-14-10(15)5-20-9-3-2-7(21(12,18)19)4-8(9)11(16)17/h2-4,6H,5H2,1H3,(H,16,17)(H2,12,18,19). The molecule has 1 heterocycles. The first-order chi connectivity index (χ1) is 9.79. The summed E-state index contributed by atoms with van der Waals surface area (Å²) < 4.78 is 29.4. The molecule has 0 atom stereocenters. The van der Waals surface area contributed by atoms with Crippen LogP contribution in [0.2, 0.25) is 0 Å². The molecule has 0 fully saturated rings. The predicted molar refractivity (Wildman–Crippen MR) is 70.1 cm³/mol. The van der Waals surface area contributed by atoms with Crippen LogP contribution < -0.4 is 9.88 Å². The summed E-state index contributed by atoms with van der Waals surface area (Å²) in [6.07, 6.45) is 1.47. The van der Waals surface area contributed by atoms with E-state index in [0.717, 1.165) is 6.07 Å².